The summed E-state index contributed by atoms with van der Waals surface area (Å²) in [5, 5.41) is 14.1. The van der Waals surface area contributed by atoms with Gasteiger partial charge in [0.15, 0.2) is 5.69 Å². The quantitative estimate of drug-likeness (QED) is 0.394. The largest absolute Gasteiger partial charge is 0.354 e. The molecule has 7 nitrogen and oxygen atoms in total. The molecule has 0 spiro atoms. The molecule has 164 valence electrons. The van der Waals surface area contributed by atoms with Gasteiger partial charge in [0.25, 0.3) is 11.8 Å². The van der Waals surface area contributed by atoms with Gasteiger partial charge in [-0.25, -0.2) is 4.98 Å². The van der Waals surface area contributed by atoms with Crippen molar-refractivity contribution >= 4 is 34.1 Å². The van der Waals surface area contributed by atoms with Crippen LogP contribution in [0.25, 0.3) is 21.5 Å². The third kappa shape index (κ3) is 4.40. The average molecular weight is 448 g/mol. The minimum atomic E-state index is -0.241. The summed E-state index contributed by atoms with van der Waals surface area (Å²) in [7, 11) is 1.57. The molecule has 8 heteroatoms. The van der Waals surface area contributed by atoms with E-state index in [1.165, 1.54) is 16.9 Å². The highest BCUT2D eigenvalue weighted by atomic mass is 32.1. The van der Waals surface area contributed by atoms with Gasteiger partial charge in [-0.1, -0.05) is 43.3 Å². The lowest BCUT2D eigenvalue weighted by atomic mass is 9.98. The molecule has 0 fully saturated rings. The average Bonchev–Trinajstić information content (AvgIpc) is 3.42. The molecule has 0 saturated carbocycles. The van der Waals surface area contributed by atoms with Crippen LogP contribution in [0, 0.1) is 6.92 Å². The van der Waals surface area contributed by atoms with E-state index < -0.39 is 0 Å². The van der Waals surface area contributed by atoms with Gasteiger partial charge in [-0.3, -0.25) is 14.7 Å². The number of H-pyrrole nitrogens is 1. The van der Waals surface area contributed by atoms with Crippen LogP contribution in [0.15, 0.2) is 48.5 Å². The number of benzene rings is 2. The zero-order valence-corrected chi connectivity index (χ0v) is 19.0. The molecule has 0 aliphatic carbocycles. The Morgan fingerprint density at radius 2 is 1.91 bits per heavy atom. The summed E-state index contributed by atoms with van der Waals surface area (Å²) in [5.41, 5.74) is 3.94. The summed E-state index contributed by atoms with van der Waals surface area (Å²) >= 11 is 1.37. The summed E-state index contributed by atoms with van der Waals surface area (Å²) in [4.78, 5) is 29.9. The maximum Gasteiger partial charge on any atom is 0.272 e. The zero-order valence-electron chi connectivity index (χ0n) is 18.2. The van der Waals surface area contributed by atoms with Crippen molar-refractivity contribution in [3.8, 4) is 10.6 Å². The van der Waals surface area contributed by atoms with Gasteiger partial charge >= 0.3 is 0 Å². The van der Waals surface area contributed by atoms with Crippen LogP contribution in [0.5, 0.6) is 0 Å². The number of nitrogens with one attached hydrogen (secondary N) is 3. The minimum absolute atomic E-state index is 0.101. The highest BCUT2D eigenvalue weighted by Gasteiger charge is 2.18. The third-order valence-corrected chi connectivity index (χ3v) is 6.69. The molecule has 3 N–H and O–H groups in total. The predicted octanol–water partition coefficient (Wildman–Crippen LogP) is 4.28. The van der Waals surface area contributed by atoms with E-state index in [0.717, 1.165) is 27.9 Å². The van der Waals surface area contributed by atoms with Gasteiger partial charge in [0.05, 0.1) is 11.2 Å². The van der Waals surface area contributed by atoms with Gasteiger partial charge in [-0.2, -0.15) is 5.10 Å². The maximum atomic E-state index is 12.8. The van der Waals surface area contributed by atoms with Crippen molar-refractivity contribution in [2.75, 3.05) is 13.6 Å². The van der Waals surface area contributed by atoms with Crippen LogP contribution in [-0.4, -0.2) is 40.6 Å². The van der Waals surface area contributed by atoms with Crippen molar-refractivity contribution in [2.24, 2.45) is 0 Å². The van der Waals surface area contributed by atoms with Crippen LogP contribution < -0.4 is 10.6 Å². The van der Waals surface area contributed by atoms with Gasteiger partial charge in [0, 0.05) is 24.5 Å². The number of carbonyl (C=O) groups excluding carboxylic acids is 2. The predicted molar refractivity (Wildman–Crippen MR) is 127 cm³/mol. The van der Waals surface area contributed by atoms with Gasteiger partial charge in [0.1, 0.15) is 9.88 Å². The summed E-state index contributed by atoms with van der Waals surface area (Å²) in [6.45, 7) is 4.61. The molecular weight excluding hydrogens is 422 g/mol. The van der Waals surface area contributed by atoms with Gasteiger partial charge in [-0.15, -0.1) is 11.3 Å². The number of aromatic amines is 1. The first-order chi connectivity index (χ1) is 15.5. The number of aromatic nitrogens is 3. The van der Waals surface area contributed by atoms with E-state index in [9.17, 15) is 9.59 Å². The molecule has 2 heterocycles. The molecule has 0 bridgehead atoms. The fourth-order valence-electron chi connectivity index (χ4n) is 3.61. The second-order valence-electron chi connectivity index (χ2n) is 7.70. The number of rotatable bonds is 7. The van der Waals surface area contributed by atoms with Crippen molar-refractivity contribution < 1.29 is 9.59 Å². The van der Waals surface area contributed by atoms with Gasteiger partial charge < -0.3 is 10.6 Å². The van der Waals surface area contributed by atoms with Crippen molar-refractivity contribution in [1.82, 2.24) is 25.8 Å². The number of thiazole rings is 1. The third-order valence-electron chi connectivity index (χ3n) is 5.49. The Balaban J connectivity index is 1.45. The van der Waals surface area contributed by atoms with Crippen LogP contribution in [0.1, 0.15) is 50.7 Å². The molecule has 2 aromatic carbocycles. The summed E-state index contributed by atoms with van der Waals surface area (Å²) in [6, 6.07) is 15.9. The highest BCUT2D eigenvalue weighted by Crippen LogP contribution is 2.30. The molecule has 1 atom stereocenters. The van der Waals surface area contributed by atoms with Crippen LogP contribution in [0.4, 0.5) is 0 Å². The standard InChI is InChI=1S/C24H25N5O2S/c1-14(16-7-5-4-6-8-16)11-12-26-23(31)21-15(2)27-24(32-21)17-9-10-18-19(13-17)28-29-20(18)22(30)25-3/h4-10,13-14H,11-12H2,1-3H3,(H,25,30)(H,26,31)(H,28,29). The molecule has 4 aromatic rings. The number of amides is 2. The number of hydrogen-bond donors (Lipinski definition) is 3. The lowest BCUT2D eigenvalue weighted by molar-refractivity contribution is 0.0949. The van der Waals surface area contributed by atoms with E-state index in [0.29, 0.717) is 28.7 Å². The molecule has 0 aliphatic rings. The lowest BCUT2D eigenvalue weighted by Gasteiger charge is -2.12. The Hall–Kier alpha value is -3.52. The molecule has 0 aliphatic heterocycles. The van der Waals surface area contributed by atoms with Crippen LogP contribution in [0.3, 0.4) is 0 Å². The molecule has 0 radical (unpaired) electrons. The molecule has 4 rings (SSSR count). The van der Waals surface area contributed by atoms with E-state index in [1.807, 2.05) is 43.3 Å². The van der Waals surface area contributed by atoms with E-state index in [4.69, 9.17) is 0 Å². The fraction of sp³-hybridized carbons (Fsp3) is 0.250. The SMILES string of the molecule is CNC(=O)c1n[nH]c2cc(-c3nc(C)c(C(=O)NCCC(C)c4ccccc4)s3)ccc12. The van der Waals surface area contributed by atoms with Crippen LogP contribution >= 0.6 is 11.3 Å². The Morgan fingerprint density at radius 3 is 2.66 bits per heavy atom. The second-order valence-corrected chi connectivity index (χ2v) is 8.70. The maximum absolute atomic E-state index is 12.8. The number of aryl methyl sites for hydroxylation is 1. The Bertz CT molecular complexity index is 1260. The van der Waals surface area contributed by atoms with E-state index in [1.54, 1.807) is 7.05 Å². The molecular formula is C24H25N5O2S. The molecule has 2 aromatic heterocycles. The van der Waals surface area contributed by atoms with Gasteiger partial charge in [-0.05, 0) is 37.0 Å². The van der Waals surface area contributed by atoms with Crippen molar-refractivity contribution in [3.05, 3.63) is 70.4 Å². The summed E-state index contributed by atoms with van der Waals surface area (Å²) < 4.78 is 0. The van der Waals surface area contributed by atoms with Crippen LogP contribution in [0.2, 0.25) is 0 Å². The number of hydrogen-bond acceptors (Lipinski definition) is 5. The van der Waals surface area contributed by atoms with E-state index in [2.05, 4.69) is 44.9 Å². The first-order valence-electron chi connectivity index (χ1n) is 10.5. The Labute approximate surface area is 190 Å². The van der Waals surface area contributed by atoms with Crippen molar-refractivity contribution in [2.45, 2.75) is 26.2 Å². The molecule has 32 heavy (non-hydrogen) atoms. The zero-order chi connectivity index (χ0) is 22.7. The van der Waals surface area contributed by atoms with E-state index >= 15 is 0 Å². The highest BCUT2D eigenvalue weighted by molar-refractivity contribution is 7.17. The Kier molecular flexibility index (Phi) is 6.32. The van der Waals surface area contributed by atoms with Crippen molar-refractivity contribution in [1.29, 1.82) is 0 Å². The number of nitrogens with zero attached hydrogens (tertiary/aromatic N) is 2. The number of fused-ring (bicyclic) bond motifs is 1. The first-order valence-corrected chi connectivity index (χ1v) is 11.3. The number of carbonyl (C=O) groups is 2. The lowest BCUT2D eigenvalue weighted by Crippen LogP contribution is -2.25. The second kappa shape index (κ2) is 9.32. The molecule has 2 amide bonds. The van der Waals surface area contributed by atoms with Gasteiger partial charge in [0.2, 0.25) is 0 Å². The minimum Gasteiger partial charge on any atom is -0.354 e. The topological polar surface area (TPSA) is 99.8 Å². The molecule has 1 unspecified atom stereocenters. The van der Waals surface area contributed by atoms with Crippen molar-refractivity contribution in [3.63, 3.8) is 0 Å². The smallest absolute Gasteiger partial charge is 0.272 e. The normalized spacial score (nSPS) is 12.0. The summed E-state index contributed by atoms with van der Waals surface area (Å²) in [5.74, 6) is 0.0288. The van der Waals surface area contributed by atoms with E-state index in [-0.39, 0.29) is 11.8 Å². The fourth-order valence-corrected chi connectivity index (χ4v) is 4.58. The Morgan fingerprint density at radius 1 is 1.12 bits per heavy atom. The monoisotopic (exact) mass is 447 g/mol. The van der Waals surface area contributed by atoms with Crippen LogP contribution in [-0.2, 0) is 0 Å². The first kappa shape index (κ1) is 21.7. The summed E-state index contributed by atoms with van der Waals surface area (Å²) in [6.07, 6.45) is 0.866. The molecule has 0 saturated heterocycles.